The predicted octanol–water partition coefficient (Wildman–Crippen LogP) is 2.96. The molecule has 0 saturated heterocycles. The van der Waals surface area contributed by atoms with Gasteiger partial charge in [-0.2, -0.15) is 0 Å². The molecule has 0 fully saturated rings. The zero-order valence-electron chi connectivity index (χ0n) is 11.6. The molecule has 1 heterocycles. The molecule has 4 heteroatoms. The van der Waals surface area contributed by atoms with Crippen LogP contribution in [0, 0.1) is 27.7 Å². The van der Waals surface area contributed by atoms with Crippen LogP contribution in [0.15, 0.2) is 24.3 Å². The van der Waals surface area contributed by atoms with Crippen LogP contribution in [0.5, 0.6) is 0 Å². The van der Waals surface area contributed by atoms with Crippen LogP contribution in [-0.2, 0) is 0 Å². The summed E-state index contributed by atoms with van der Waals surface area (Å²) in [5.74, 6) is 0.516. The van der Waals surface area contributed by atoms with Gasteiger partial charge in [-0.25, -0.2) is 9.97 Å². The lowest BCUT2D eigenvalue weighted by molar-refractivity contribution is 0.102. The van der Waals surface area contributed by atoms with Crippen molar-refractivity contribution >= 4 is 11.6 Å². The number of nitrogens with zero attached hydrogens (tertiary/aromatic N) is 2. The number of aryl methyl sites for hydroxylation is 4. The van der Waals surface area contributed by atoms with E-state index in [1.807, 2.05) is 52.0 Å². The molecule has 1 amide bonds. The molecule has 1 aromatic heterocycles. The summed E-state index contributed by atoms with van der Waals surface area (Å²) in [6, 6.07) is 7.69. The monoisotopic (exact) mass is 255 g/mol. The van der Waals surface area contributed by atoms with E-state index in [4.69, 9.17) is 0 Å². The Balaban J connectivity index is 2.31. The molecular weight excluding hydrogens is 238 g/mol. The van der Waals surface area contributed by atoms with Gasteiger partial charge in [0.15, 0.2) is 0 Å². The zero-order valence-corrected chi connectivity index (χ0v) is 11.6. The third kappa shape index (κ3) is 2.96. The number of carbonyl (C=O) groups is 1. The summed E-state index contributed by atoms with van der Waals surface area (Å²) < 4.78 is 0. The lowest BCUT2D eigenvalue weighted by Gasteiger charge is -2.10. The minimum atomic E-state index is -0.166. The number of hydrogen-bond donors (Lipinski definition) is 1. The molecule has 0 unspecified atom stereocenters. The molecule has 0 bridgehead atoms. The van der Waals surface area contributed by atoms with Crippen molar-refractivity contribution < 1.29 is 4.79 Å². The fraction of sp³-hybridized carbons (Fsp3) is 0.267. The van der Waals surface area contributed by atoms with Gasteiger partial charge in [-0.05, 0) is 45.4 Å². The van der Waals surface area contributed by atoms with Crippen LogP contribution < -0.4 is 5.32 Å². The van der Waals surface area contributed by atoms with Gasteiger partial charge in [0.25, 0.3) is 5.91 Å². The van der Waals surface area contributed by atoms with Crippen LogP contribution in [0.4, 0.5) is 5.69 Å². The van der Waals surface area contributed by atoms with Gasteiger partial charge in [-0.3, -0.25) is 4.79 Å². The van der Waals surface area contributed by atoms with E-state index in [1.54, 1.807) is 0 Å². The van der Waals surface area contributed by atoms with Crippen LogP contribution in [0.25, 0.3) is 0 Å². The quantitative estimate of drug-likeness (QED) is 0.897. The number of amides is 1. The smallest absolute Gasteiger partial charge is 0.259 e. The van der Waals surface area contributed by atoms with Gasteiger partial charge < -0.3 is 5.32 Å². The molecule has 98 valence electrons. The minimum absolute atomic E-state index is 0.166. The molecule has 0 saturated carbocycles. The normalized spacial score (nSPS) is 10.3. The van der Waals surface area contributed by atoms with Gasteiger partial charge in [-0.15, -0.1) is 0 Å². The van der Waals surface area contributed by atoms with Crippen molar-refractivity contribution in [2.75, 3.05) is 5.32 Å². The number of carbonyl (C=O) groups excluding carboxylic acids is 1. The summed E-state index contributed by atoms with van der Waals surface area (Å²) in [6.45, 7) is 7.46. The summed E-state index contributed by atoms with van der Waals surface area (Å²) in [7, 11) is 0. The molecule has 2 aromatic rings. The molecule has 0 aliphatic carbocycles. The Morgan fingerprint density at radius 2 is 1.68 bits per heavy atom. The van der Waals surface area contributed by atoms with Gasteiger partial charge in [0, 0.05) is 5.69 Å². The average molecular weight is 255 g/mol. The minimum Gasteiger partial charge on any atom is -0.322 e. The van der Waals surface area contributed by atoms with E-state index < -0.39 is 0 Å². The first-order valence-electron chi connectivity index (χ1n) is 6.17. The molecule has 2 rings (SSSR count). The molecule has 0 atom stereocenters. The lowest BCUT2D eigenvalue weighted by atomic mass is 10.1. The van der Waals surface area contributed by atoms with E-state index in [9.17, 15) is 4.79 Å². The standard InChI is InChI=1S/C15H17N3O/c1-9-6-5-7-13(8-9)18-15(19)14-10(2)16-12(4)17-11(14)3/h5-8H,1-4H3,(H,18,19). The Morgan fingerprint density at radius 3 is 2.26 bits per heavy atom. The number of aromatic nitrogens is 2. The number of nitrogens with one attached hydrogen (secondary N) is 1. The highest BCUT2D eigenvalue weighted by molar-refractivity contribution is 6.05. The third-order valence-electron chi connectivity index (χ3n) is 2.89. The van der Waals surface area contributed by atoms with Gasteiger partial charge in [0.2, 0.25) is 0 Å². The van der Waals surface area contributed by atoms with E-state index >= 15 is 0 Å². The summed E-state index contributed by atoms with van der Waals surface area (Å²) in [5, 5.41) is 2.88. The fourth-order valence-corrected chi connectivity index (χ4v) is 2.13. The maximum Gasteiger partial charge on any atom is 0.259 e. The van der Waals surface area contributed by atoms with E-state index in [-0.39, 0.29) is 5.91 Å². The van der Waals surface area contributed by atoms with E-state index in [0.717, 1.165) is 11.3 Å². The Labute approximate surface area is 112 Å². The first kappa shape index (κ1) is 13.2. The Bertz CT molecular complexity index is 612. The van der Waals surface area contributed by atoms with Gasteiger partial charge in [0.1, 0.15) is 5.82 Å². The molecule has 1 N–H and O–H groups in total. The topological polar surface area (TPSA) is 54.9 Å². The van der Waals surface area contributed by atoms with Crippen LogP contribution >= 0.6 is 0 Å². The van der Waals surface area contributed by atoms with E-state index in [1.165, 1.54) is 0 Å². The zero-order chi connectivity index (χ0) is 14.0. The molecule has 1 aromatic carbocycles. The van der Waals surface area contributed by atoms with Crippen LogP contribution in [0.1, 0.15) is 33.1 Å². The van der Waals surface area contributed by atoms with Crippen molar-refractivity contribution in [3.05, 3.63) is 52.6 Å². The van der Waals surface area contributed by atoms with E-state index in [2.05, 4.69) is 15.3 Å². The molecule has 4 nitrogen and oxygen atoms in total. The summed E-state index contributed by atoms with van der Waals surface area (Å²) in [5.41, 5.74) is 3.84. The molecule has 0 aliphatic heterocycles. The van der Waals surface area contributed by atoms with Gasteiger partial charge in [0.05, 0.1) is 17.0 Å². The predicted molar refractivity (Wildman–Crippen MR) is 75.4 cm³/mol. The summed E-state index contributed by atoms with van der Waals surface area (Å²) >= 11 is 0. The Hall–Kier alpha value is -2.23. The van der Waals surface area contributed by atoms with Crippen LogP contribution in [-0.4, -0.2) is 15.9 Å². The van der Waals surface area contributed by atoms with Crippen molar-refractivity contribution in [2.24, 2.45) is 0 Å². The second-order valence-electron chi connectivity index (χ2n) is 4.64. The summed E-state index contributed by atoms with van der Waals surface area (Å²) in [6.07, 6.45) is 0. The van der Waals surface area contributed by atoms with Gasteiger partial charge >= 0.3 is 0 Å². The van der Waals surface area contributed by atoms with Crippen LogP contribution in [0.2, 0.25) is 0 Å². The molecular formula is C15H17N3O. The molecule has 0 aliphatic rings. The van der Waals surface area contributed by atoms with Crippen molar-refractivity contribution in [2.45, 2.75) is 27.7 Å². The van der Waals surface area contributed by atoms with Crippen molar-refractivity contribution in [1.82, 2.24) is 9.97 Å². The van der Waals surface area contributed by atoms with Crippen LogP contribution in [0.3, 0.4) is 0 Å². The molecule has 0 spiro atoms. The first-order chi connectivity index (χ1) is 8.97. The van der Waals surface area contributed by atoms with Crippen molar-refractivity contribution in [1.29, 1.82) is 0 Å². The maximum atomic E-state index is 12.3. The largest absolute Gasteiger partial charge is 0.322 e. The van der Waals surface area contributed by atoms with Crippen molar-refractivity contribution in [3.63, 3.8) is 0 Å². The second-order valence-corrected chi connectivity index (χ2v) is 4.64. The van der Waals surface area contributed by atoms with E-state index in [0.29, 0.717) is 22.8 Å². The highest BCUT2D eigenvalue weighted by atomic mass is 16.1. The van der Waals surface area contributed by atoms with Crippen molar-refractivity contribution in [3.8, 4) is 0 Å². The average Bonchev–Trinajstić information content (AvgIpc) is 2.27. The number of hydrogen-bond acceptors (Lipinski definition) is 3. The highest BCUT2D eigenvalue weighted by Crippen LogP contribution is 2.15. The third-order valence-corrected chi connectivity index (χ3v) is 2.89. The Morgan fingerprint density at radius 1 is 1.05 bits per heavy atom. The fourth-order valence-electron chi connectivity index (χ4n) is 2.13. The molecule has 19 heavy (non-hydrogen) atoms. The second kappa shape index (κ2) is 5.18. The first-order valence-corrected chi connectivity index (χ1v) is 6.17. The molecule has 0 radical (unpaired) electrons. The maximum absolute atomic E-state index is 12.3. The SMILES string of the molecule is Cc1cccc(NC(=O)c2c(C)nc(C)nc2C)c1. The summed E-state index contributed by atoms with van der Waals surface area (Å²) in [4.78, 5) is 20.8. The Kier molecular flexibility index (Phi) is 3.60. The highest BCUT2D eigenvalue weighted by Gasteiger charge is 2.15. The van der Waals surface area contributed by atoms with Gasteiger partial charge in [-0.1, -0.05) is 12.1 Å². The number of benzene rings is 1. The lowest BCUT2D eigenvalue weighted by Crippen LogP contribution is -2.17. The number of rotatable bonds is 2. The number of anilines is 1.